The molecule has 2 N–H and O–H groups in total. The molecule has 5 nitrogen and oxygen atoms in total. The van der Waals surface area contributed by atoms with E-state index in [1.807, 2.05) is 6.07 Å². The van der Waals surface area contributed by atoms with Gasteiger partial charge in [-0.2, -0.15) is 5.26 Å². The fourth-order valence-electron chi connectivity index (χ4n) is 0.842. The molecule has 0 aromatic carbocycles. The lowest BCUT2D eigenvalue weighted by Crippen LogP contribution is -2.29. The molecular weight excluding hydrogens is 180 g/mol. The smallest absolute Gasteiger partial charge is 0.319 e. The van der Waals surface area contributed by atoms with Gasteiger partial charge in [0.1, 0.15) is 0 Å². The van der Waals surface area contributed by atoms with E-state index >= 15 is 0 Å². The van der Waals surface area contributed by atoms with Crippen molar-refractivity contribution in [1.29, 1.82) is 5.26 Å². The highest BCUT2D eigenvalue weighted by Crippen LogP contribution is 2.01. The highest BCUT2D eigenvalue weighted by molar-refractivity contribution is 5.88. The van der Waals surface area contributed by atoms with Crippen molar-refractivity contribution in [2.24, 2.45) is 0 Å². The van der Waals surface area contributed by atoms with Gasteiger partial charge in [0.25, 0.3) is 0 Å². The predicted molar refractivity (Wildman–Crippen MR) is 51.5 cm³/mol. The Kier molecular flexibility index (Phi) is 3.95. The van der Waals surface area contributed by atoms with Crippen LogP contribution in [-0.2, 0) is 0 Å². The summed E-state index contributed by atoms with van der Waals surface area (Å²) in [5, 5.41) is 13.4. The lowest BCUT2D eigenvalue weighted by molar-refractivity contribution is 0.252. The van der Waals surface area contributed by atoms with Gasteiger partial charge >= 0.3 is 6.03 Å². The molecular formula is C9H10N4O. The van der Waals surface area contributed by atoms with Gasteiger partial charge in [0.15, 0.2) is 0 Å². The zero-order chi connectivity index (χ0) is 10.2. The summed E-state index contributed by atoms with van der Waals surface area (Å²) in [7, 11) is 0. The maximum absolute atomic E-state index is 11.1. The first-order chi connectivity index (χ1) is 6.83. The number of nitrogens with one attached hydrogen (secondary N) is 2. The van der Waals surface area contributed by atoms with Crippen molar-refractivity contribution in [2.45, 2.75) is 6.42 Å². The quantitative estimate of drug-likeness (QED) is 0.701. The molecule has 14 heavy (non-hydrogen) atoms. The Morgan fingerprint density at radius 3 is 2.86 bits per heavy atom. The van der Waals surface area contributed by atoms with Crippen LogP contribution in [0.3, 0.4) is 0 Å². The summed E-state index contributed by atoms with van der Waals surface area (Å²) in [6, 6.07) is 4.99. The molecule has 0 spiro atoms. The number of amides is 2. The largest absolute Gasteiger partial charge is 0.337 e. The number of hydrogen-bond acceptors (Lipinski definition) is 3. The number of aromatic nitrogens is 1. The number of carbonyl (C=O) groups is 1. The van der Waals surface area contributed by atoms with E-state index in [1.165, 1.54) is 0 Å². The van der Waals surface area contributed by atoms with Crippen molar-refractivity contribution in [3.8, 4) is 6.07 Å². The third-order valence-electron chi connectivity index (χ3n) is 1.46. The molecule has 1 rings (SSSR count). The zero-order valence-corrected chi connectivity index (χ0v) is 7.53. The Morgan fingerprint density at radius 2 is 2.21 bits per heavy atom. The van der Waals surface area contributed by atoms with Crippen LogP contribution in [0.2, 0.25) is 0 Å². The average molecular weight is 190 g/mol. The molecule has 0 aliphatic heterocycles. The highest BCUT2D eigenvalue weighted by atomic mass is 16.2. The minimum atomic E-state index is -0.313. The molecule has 0 saturated carbocycles. The van der Waals surface area contributed by atoms with E-state index in [4.69, 9.17) is 5.26 Å². The minimum Gasteiger partial charge on any atom is -0.337 e. The van der Waals surface area contributed by atoms with Gasteiger partial charge in [-0.15, -0.1) is 0 Å². The third-order valence-corrected chi connectivity index (χ3v) is 1.46. The first-order valence-corrected chi connectivity index (χ1v) is 4.15. The second-order valence-corrected chi connectivity index (χ2v) is 2.52. The van der Waals surface area contributed by atoms with Crippen molar-refractivity contribution < 1.29 is 4.79 Å². The fourth-order valence-corrected chi connectivity index (χ4v) is 0.842. The summed E-state index contributed by atoms with van der Waals surface area (Å²) in [5.74, 6) is 0. The second kappa shape index (κ2) is 5.54. The molecule has 0 unspecified atom stereocenters. The van der Waals surface area contributed by atoms with Crippen LogP contribution in [0.25, 0.3) is 0 Å². The van der Waals surface area contributed by atoms with Crippen molar-refractivity contribution in [2.75, 3.05) is 11.9 Å². The van der Waals surface area contributed by atoms with Crippen LogP contribution in [0.5, 0.6) is 0 Å². The number of anilines is 1. The molecule has 0 aliphatic carbocycles. The van der Waals surface area contributed by atoms with Gasteiger partial charge in [-0.1, -0.05) is 0 Å². The molecule has 0 radical (unpaired) electrons. The number of carbonyl (C=O) groups excluding carboxylic acids is 1. The Morgan fingerprint density at radius 1 is 1.50 bits per heavy atom. The second-order valence-electron chi connectivity index (χ2n) is 2.52. The molecule has 0 aliphatic rings. The number of pyridine rings is 1. The summed E-state index contributed by atoms with van der Waals surface area (Å²) >= 11 is 0. The fraction of sp³-hybridized carbons (Fsp3) is 0.222. The average Bonchev–Trinajstić information content (AvgIpc) is 2.20. The van der Waals surface area contributed by atoms with E-state index in [2.05, 4.69) is 15.6 Å². The summed E-state index contributed by atoms with van der Waals surface area (Å²) in [6.07, 6.45) is 3.49. The molecule has 1 aromatic heterocycles. The van der Waals surface area contributed by atoms with E-state index in [0.29, 0.717) is 18.7 Å². The Bertz CT molecular complexity index is 330. The van der Waals surface area contributed by atoms with Crippen LogP contribution >= 0.6 is 0 Å². The molecule has 0 atom stereocenters. The van der Waals surface area contributed by atoms with Crippen LogP contribution in [0.4, 0.5) is 10.5 Å². The Labute approximate surface area is 81.8 Å². The lowest BCUT2D eigenvalue weighted by Gasteiger charge is -2.04. The van der Waals surface area contributed by atoms with E-state index < -0.39 is 0 Å². The summed E-state index contributed by atoms with van der Waals surface area (Å²) < 4.78 is 0. The van der Waals surface area contributed by atoms with Gasteiger partial charge in [0.05, 0.1) is 12.5 Å². The highest BCUT2D eigenvalue weighted by Gasteiger charge is 1.98. The van der Waals surface area contributed by atoms with E-state index in [9.17, 15) is 4.79 Å². The molecule has 1 aromatic rings. The maximum Gasteiger partial charge on any atom is 0.319 e. The number of urea groups is 1. The Balaban J connectivity index is 2.32. The number of nitrogens with zero attached hydrogens (tertiary/aromatic N) is 2. The van der Waals surface area contributed by atoms with Crippen LogP contribution in [0, 0.1) is 11.3 Å². The van der Waals surface area contributed by atoms with Gasteiger partial charge < -0.3 is 10.6 Å². The van der Waals surface area contributed by atoms with Crippen molar-refractivity contribution in [1.82, 2.24) is 10.3 Å². The van der Waals surface area contributed by atoms with Gasteiger partial charge in [-0.3, -0.25) is 4.98 Å². The van der Waals surface area contributed by atoms with Crippen LogP contribution in [-0.4, -0.2) is 17.6 Å². The monoisotopic (exact) mass is 190 g/mol. The molecule has 2 amide bonds. The van der Waals surface area contributed by atoms with Crippen LogP contribution in [0.15, 0.2) is 24.5 Å². The van der Waals surface area contributed by atoms with Crippen molar-refractivity contribution in [3.05, 3.63) is 24.5 Å². The summed E-state index contributed by atoms with van der Waals surface area (Å²) in [6.45, 7) is 0.355. The third kappa shape index (κ3) is 3.54. The molecule has 1 heterocycles. The topological polar surface area (TPSA) is 77.8 Å². The maximum atomic E-state index is 11.1. The van der Waals surface area contributed by atoms with Gasteiger partial charge in [0, 0.05) is 24.6 Å². The molecule has 0 fully saturated rings. The first kappa shape index (κ1) is 9.99. The van der Waals surface area contributed by atoms with Gasteiger partial charge in [-0.25, -0.2) is 4.79 Å². The predicted octanol–water partition coefficient (Wildman–Crippen LogP) is 1.12. The molecule has 5 heteroatoms. The lowest BCUT2D eigenvalue weighted by atomic mass is 10.4. The normalized spacial score (nSPS) is 8.79. The Hall–Kier alpha value is -2.09. The van der Waals surface area contributed by atoms with Crippen LogP contribution in [0.1, 0.15) is 6.42 Å². The van der Waals surface area contributed by atoms with E-state index in [1.54, 1.807) is 24.5 Å². The minimum absolute atomic E-state index is 0.309. The first-order valence-electron chi connectivity index (χ1n) is 4.15. The van der Waals surface area contributed by atoms with E-state index in [-0.39, 0.29) is 6.03 Å². The number of nitriles is 1. The molecule has 72 valence electrons. The summed E-state index contributed by atoms with van der Waals surface area (Å²) in [4.78, 5) is 14.9. The van der Waals surface area contributed by atoms with E-state index in [0.717, 1.165) is 0 Å². The van der Waals surface area contributed by atoms with Crippen molar-refractivity contribution in [3.63, 3.8) is 0 Å². The SMILES string of the molecule is N#CCCNC(=O)Nc1ccncc1. The van der Waals surface area contributed by atoms with Crippen LogP contribution < -0.4 is 10.6 Å². The zero-order valence-electron chi connectivity index (χ0n) is 7.53. The van der Waals surface area contributed by atoms with Gasteiger partial charge in [0.2, 0.25) is 0 Å². The van der Waals surface area contributed by atoms with Crippen molar-refractivity contribution >= 4 is 11.7 Å². The summed E-state index contributed by atoms with van der Waals surface area (Å²) in [5.41, 5.74) is 0.675. The number of hydrogen-bond donors (Lipinski definition) is 2. The number of rotatable bonds is 3. The molecule has 0 bridgehead atoms. The van der Waals surface area contributed by atoms with Gasteiger partial charge in [-0.05, 0) is 12.1 Å². The standard InChI is InChI=1S/C9H10N4O/c10-4-1-5-12-9(14)13-8-2-6-11-7-3-8/h2-3,6-7H,1,5H2,(H2,11,12,13,14). The molecule has 0 saturated heterocycles.